The van der Waals surface area contributed by atoms with Gasteiger partial charge in [-0.25, -0.2) is 9.59 Å². The van der Waals surface area contributed by atoms with Crippen molar-refractivity contribution in [3.05, 3.63) is 0 Å². The van der Waals surface area contributed by atoms with Gasteiger partial charge >= 0.3 is 12.0 Å². The number of methoxy groups -OCH3 is 1. The standard InChI is InChI=1S/C11H22N2O5S/c1-13(6-8(14)7-18-2)11(17)12-9(10(15)16)4-5-19-3/h8-9,14H,4-7H2,1-3H3,(H,12,17)(H,15,16)/t8?,9-/m0/s1. The number of aliphatic carboxylic acids is 1. The average molecular weight is 294 g/mol. The number of amides is 2. The maximum atomic E-state index is 11.8. The third-order valence-electron chi connectivity index (χ3n) is 2.40. The highest BCUT2D eigenvalue weighted by molar-refractivity contribution is 7.98. The van der Waals surface area contributed by atoms with Crippen LogP contribution in [0.3, 0.4) is 0 Å². The van der Waals surface area contributed by atoms with E-state index < -0.39 is 24.1 Å². The number of carbonyl (C=O) groups excluding carboxylic acids is 1. The van der Waals surface area contributed by atoms with E-state index >= 15 is 0 Å². The van der Waals surface area contributed by atoms with Crippen molar-refractivity contribution >= 4 is 23.8 Å². The summed E-state index contributed by atoms with van der Waals surface area (Å²) in [6.07, 6.45) is 1.43. The molecule has 0 aliphatic rings. The molecular weight excluding hydrogens is 272 g/mol. The number of hydrogen-bond donors (Lipinski definition) is 3. The molecule has 19 heavy (non-hydrogen) atoms. The van der Waals surface area contributed by atoms with Crippen LogP contribution in [0.25, 0.3) is 0 Å². The number of nitrogens with zero attached hydrogens (tertiary/aromatic N) is 1. The van der Waals surface area contributed by atoms with Gasteiger partial charge in [-0.1, -0.05) is 0 Å². The number of carboxylic acid groups (broad SMARTS) is 1. The number of thioether (sulfide) groups is 1. The van der Waals surface area contributed by atoms with Crippen LogP contribution in [0.1, 0.15) is 6.42 Å². The number of carboxylic acids is 1. The Bertz CT molecular complexity index is 290. The summed E-state index contributed by atoms with van der Waals surface area (Å²) in [5.74, 6) is -0.416. The lowest BCUT2D eigenvalue weighted by molar-refractivity contribution is -0.139. The quantitative estimate of drug-likeness (QED) is 0.546. The first kappa shape index (κ1) is 18.0. The summed E-state index contributed by atoms with van der Waals surface area (Å²) in [6, 6.07) is -1.44. The average Bonchev–Trinajstić information content (AvgIpc) is 2.33. The molecule has 112 valence electrons. The molecule has 0 radical (unpaired) electrons. The lowest BCUT2D eigenvalue weighted by Crippen LogP contribution is -2.49. The highest BCUT2D eigenvalue weighted by Gasteiger charge is 2.22. The summed E-state index contributed by atoms with van der Waals surface area (Å²) in [5.41, 5.74) is 0. The van der Waals surface area contributed by atoms with Crippen molar-refractivity contribution in [3.63, 3.8) is 0 Å². The molecule has 0 saturated heterocycles. The normalized spacial score (nSPS) is 13.7. The van der Waals surface area contributed by atoms with Gasteiger partial charge in [0, 0.05) is 14.2 Å². The lowest BCUT2D eigenvalue weighted by Gasteiger charge is -2.23. The maximum absolute atomic E-state index is 11.8. The molecule has 3 N–H and O–H groups in total. The summed E-state index contributed by atoms with van der Waals surface area (Å²) in [5, 5.41) is 20.9. The zero-order valence-electron chi connectivity index (χ0n) is 11.5. The Balaban J connectivity index is 4.26. The second-order valence-corrected chi connectivity index (χ2v) is 5.10. The number of rotatable bonds is 9. The van der Waals surface area contributed by atoms with Crippen LogP contribution in [0.5, 0.6) is 0 Å². The number of aliphatic hydroxyl groups is 1. The summed E-state index contributed by atoms with van der Waals surface area (Å²) < 4.78 is 4.75. The molecule has 0 aromatic rings. The lowest BCUT2D eigenvalue weighted by atomic mass is 10.2. The first-order valence-corrected chi connectivity index (χ1v) is 7.22. The fourth-order valence-electron chi connectivity index (χ4n) is 1.40. The zero-order valence-corrected chi connectivity index (χ0v) is 12.3. The Kier molecular flexibility index (Phi) is 9.36. The van der Waals surface area contributed by atoms with Crippen LogP contribution in [-0.4, -0.2) is 78.6 Å². The van der Waals surface area contributed by atoms with Crippen LogP contribution in [0.4, 0.5) is 4.79 Å². The number of hydrogen-bond acceptors (Lipinski definition) is 5. The van der Waals surface area contributed by atoms with Crippen molar-refractivity contribution in [1.29, 1.82) is 0 Å². The largest absolute Gasteiger partial charge is 0.480 e. The van der Waals surface area contributed by atoms with Crippen molar-refractivity contribution in [2.75, 3.05) is 39.3 Å². The molecule has 0 spiro atoms. The molecule has 0 aromatic heterocycles. The molecule has 1 unspecified atom stereocenters. The molecule has 0 saturated carbocycles. The number of likely N-dealkylation sites (N-methyl/N-ethyl adjacent to an activating group) is 1. The highest BCUT2D eigenvalue weighted by atomic mass is 32.2. The number of aliphatic hydroxyl groups excluding tert-OH is 1. The molecule has 0 bridgehead atoms. The van der Waals surface area contributed by atoms with Crippen LogP contribution in [0.15, 0.2) is 0 Å². The third kappa shape index (κ3) is 7.91. The predicted octanol–water partition coefficient (Wildman–Crippen LogP) is -0.159. The monoisotopic (exact) mass is 294 g/mol. The van der Waals surface area contributed by atoms with E-state index in [0.717, 1.165) is 0 Å². The van der Waals surface area contributed by atoms with Gasteiger partial charge in [-0.2, -0.15) is 11.8 Å². The van der Waals surface area contributed by atoms with Gasteiger partial charge in [-0.3, -0.25) is 0 Å². The minimum Gasteiger partial charge on any atom is -0.480 e. The van der Waals surface area contributed by atoms with Gasteiger partial charge in [-0.15, -0.1) is 0 Å². The molecule has 0 fully saturated rings. The maximum Gasteiger partial charge on any atom is 0.326 e. The molecular formula is C11H22N2O5S. The summed E-state index contributed by atoms with van der Waals surface area (Å²) in [4.78, 5) is 24.0. The molecule has 0 aliphatic heterocycles. The molecule has 0 rings (SSSR count). The van der Waals surface area contributed by atoms with E-state index in [2.05, 4.69) is 5.32 Å². The first-order valence-electron chi connectivity index (χ1n) is 5.82. The van der Waals surface area contributed by atoms with Gasteiger partial charge in [0.25, 0.3) is 0 Å². The molecule has 0 aromatic carbocycles. The summed E-state index contributed by atoms with van der Waals surface area (Å²) in [7, 11) is 2.94. The smallest absolute Gasteiger partial charge is 0.326 e. The number of nitrogens with one attached hydrogen (secondary N) is 1. The van der Waals surface area contributed by atoms with Crippen LogP contribution in [0, 0.1) is 0 Å². The van der Waals surface area contributed by atoms with E-state index in [9.17, 15) is 14.7 Å². The van der Waals surface area contributed by atoms with E-state index in [1.807, 2.05) is 6.26 Å². The third-order valence-corrected chi connectivity index (χ3v) is 3.04. The Morgan fingerprint density at radius 3 is 2.58 bits per heavy atom. The Hall–Kier alpha value is -0.990. The molecule has 8 heteroatoms. The van der Waals surface area contributed by atoms with Crippen LogP contribution in [0.2, 0.25) is 0 Å². The Labute approximate surface area is 117 Å². The van der Waals surface area contributed by atoms with E-state index in [-0.39, 0.29) is 13.2 Å². The minimum atomic E-state index is -1.06. The SMILES string of the molecule is COCC(O)CN(C)C(=O)N[C@@H](CCSC)C(=O)O. The second-order valence-electron chi connectivity index (χ2n) is 4.11. The van der Waals surface area contributed by atoms with E-state index in [0.29, 0.717) is 12.2 Å². The number of carbonyl (C=O) groups is 2. The van der Waals surface area contributed by atoms with Crippen molar-refractivity contribution < 1.29 is 24.5 Å². The highest BCUT2D eigenvalue weighted by Crippen LogP contribution is 2.02. The molecule has 0 heterocycles. The molecule has 0 aliphatic carbocycles. The molecule has 2 atom stereocenters. The number of ether oxygens (including phenoxy) is 1. The predicted molar refractivity (Wildman–Crippen MR) is 73.5 cm³/mol. The second kappa shape index (κ2) is 9.88. The van der Waals surface area contributed by atoms with Gasteiger partial charge in [0.2, 0.25) is 0 Å². The minimum absolute atomic E-state index is 0.0779. The van der Waals surface area contributed by atoms with E-state index in [1.165, 1.54) is 30.8 Å². The van der Waals surface area contributed by atoms with E-state index in [1.54, 1.807) is 0 Å². The fraction of sp³-hybridized carbons (Fsp3) is 0.818. The van der Waals surface area contributed by atoms with Crippen LogP contribution >= 0.6 is 11.8 Å². The first-order chi connectivity index (χ1) is 8.92. The molecule has 2 amide bonds. The zero-order chi connectivity index (χ0) is 14.8. The van der Waals surface area contributed by atoms with Gasteiger partial charge in [0.15, 0.2) is 0 Å². The van der Waals surface area contributed by atoms with Crippen molar-refractivity contribution in [2.24, 2.45) is 0 Å². The Morgan fingerprint density at radius 1 is 1.47 bits per heavy atom. The van der Waals surface area contributed by atoms with Crippen molar-refractivity contribution in [1.82, 2.24) is 10.2 Å². The van der Waals surface area contributed by atoms with Crippen molar-refractivity contribution in [3.8, 4) is 0 Å². The van der Waals surface area contributed by atoms with Crippen molar-refractivity contribution in [2.45, 2.75) is 18.6 Å². The van der Waals surface area contributed by atoms with Gasteiger partial charge in [0.05, 0.1) is 19.3 Å². The Morgan fingerprint density at radius 2 is 2.11 bits per heavy atom. The fourth-order valence-corrected chi connectivity index (χ4v) is 1.87. The topological polar surface area (TPSA) is 99.1 Å². The summed E-state index contributed by atoms with van der Waals surface area (Å²) >= 11 is 1.52. The van der Waals surface area contributed by atoms with Crippen LogP contribution < -0.4 is 5.32 Å². The van der Waals surface area contributed by atoms with Gasteiger partial charge in [-0.05, 0) is 18.4 Å². The van der Waals surface area contributed by atoms with Crippen LogP contribution in [-0.2, 0) is 9.53 Å². The number of urea groups is 1. The van der Waals surface area contributed by atoms with E-state index in [4.69, 9.17) is 9.84 Å². The van der Waals surface area contributed by atoms with Gasteiger partial charge < -0.3 is 25.2 Å². The summed E-state index contributed by atoms with van der Waals surface area (Å²) in [6.45, 7) is 0.195. The van der Waals surface area contributed by atoms with Gasteiger partial charge in [0.1, 0.15) is 6.04 Å². The molecule has 7 nitrogen and oxygen atoms in total.